The van der Waals surface area contributed by atoms with Gasteiger partial charge in [-0.15, -0.1) is 0 Å². The van der Waals surface area contributed by atoms with E-state index in [1.54, 1.807) is 0 Å². The van der Waals surface area contributed by atoms with E-state index >= 15 is 0 Å². The fraction of sp³-hybridized carbons (Fsp3) is 0.667. The first kappa shape index (κ1) is 9.33. The summed E-state index contributed by atoms with van der Waals surface area (Å²) in [6.45, 7) is 2.19. The summed E-state index contributed by atoms with van der Waals surface area (Å²) in [6, 6.07) is 0. The van der Waals surface area contributed by atoms with E-state index in [0.29, 0.717) is 18.1 Å². The topological polar surface area (TPSA) is 59.2 Å². The van der Waals surface area contributed by atoms with Crippen molar-refractivity contribution in [2.45, 2.75) is 12.8 Å². The molecule has 76 valence electrons. The Morgan fingerprint density at radius 1 is 1.71 bits per heavy atom. The van der Waals surface area contributed by atoms with Crippen LogP contribution in [0.1, 0.15) is 22.9 Å². The Kier molecular flexibility index (Phi) is 2.58. The summed E-state index contributed by atoms with van der Waals surface area (Å²) in [5.74, 6) is 1.30. The van der Waals surface area contributed by atoms with Gasteiger partial charge >= 0.3 is 0 Å². The Bertz CT molecular complexity index is 324. The van der Waals surface area contributed by atoms with Crippen LogP contribution in [0, 0.1) is 5.92 Å². The van der Waals surface area contributed by atoms with Gasteiger partial charge in [-0.25, -0.2) is 0 Å². The third-order valence-electron chi connectivity index (χ3n) is 2.54. The van der Waals surface area contributed by atoms with E-state index in [0.717, 1.165) is 25.9 Å². The molecular formula is C9H13N3O2. The van der Waals surface area contributed by atoms with Gasteiger partial charge in [0.2, 0.25) is 11.7 Å². The van der Waals surface area contributed by atoms with Gasteiger partial charge in [0.15, 0.2) is 6.29 Å². The SMILES string of the molecule is CN1CCC(Cc2nc(C=O)no2)C1. The fourth-order valence-corrected chi connectivity index (χ4v) is 1.84. The van der Waals surface area contributed by atoms with Crippen LogP contribution in [0.3, 0.4) is 0 Å². The van der Waals surface area contributed by atoms with Crippen molar-refractivity contribution in [3.05, 3.63) is 11.7 Å². The molecule has 0 spiro atoms. The van der Waals surface area contributed by atoms with Gasteiger partial charge in [-0.2, -0.15) is 4.98 Å². The van der Waals surface area contributed by atoms with Crippen LogP contribution in [0.2, 0.25) is 0 Å². The number of hydrogen-bond acceptors (Lipinski definition) is 5. The van der Waals surface area contributed by atoms with E-state index in [4.69, 9.17) is 4.52 Å². The molecule has 1 atom stereocenters. The minimum absolute atomic E-state index is 0.145. The summed E-state index contributed by atoms with van der Waals surface area (Å²) in [5, 5.41) is 3.53. The van der Waals surface area contributed by atoms with Crippen LogP contribution in [0.4, 0.5) is 0 Å². The highest BCUT2D eigenvalue weighted by Gasteiger charge is 2.21. The van der Waals surface area contributed by atoms with E-state index in [1.165, 1.54) is 0 Å². The fourth-order valence-electron chi connectivity index (χ4n) is 1.84. The van der Waals surface area contributed by atoms with E-state index in [9.17, 15) is 4.79 Å². The Morgan fingerprint density at radius 2 is 2.57 bits per heavy atom. The molecule has 5 heteroatoms. The second kappa shape index (κ2) is 3.88. The minimum atomic E-state index is 0.145. The maximum atomic E-state index is 10.3. The van der Waals surface area contributed by atoms with Gasteiger partial charge in [-0.1, -0.05) is 5.16 Å². The van der Waals surface area contributed by atoms with Gasteiger partial charge in [0.05, 0.1) is 0 Å². The Hall–Kier alpha value is -1.23. The number of likely N-dealkylation sites (tertiary alicyclic amines) is 1. The Balaban J connectivity index is 1.93. The molecule has 0 aliphatic carbocycles. The third kappa shape index (κ3) is 1.98. The number of nitrogens with zero attached hydrogens (tertiary/aromatic N) is 3. The van der Waals surface area contributed by atoms with E-state index in [2.05, 4.69) is 22.1 Å². The molecule has 0 amide bonds. The lowest BCUT2D eigenvalue weighted by atomic mass is 10.1. The van der Waals surface area contributed by atoms with Crippen LogP contribution >= 0.6 is 0 Å². The minimum Gasteiger partial charge on any atom is -0.339 e. The second-order valence-electron chi connectivity index (χ2n) is 3.79. The van der Waals surface area contributed by atoms with Crippen molar-refractivity contribution >= 4 is 6.29 Å². The molecule has 2 heterocycles. The first-order valence-corrected chi connectivity index (χ1v) is 4.74. The average Bonchev–Trinajstić information content (AvgIpc) is 2.76. The molecule has 0 saturated carbocycles. The molecule has 1 aromatic rings. The van der Waals surface area contributed by atoms with Crippen LogP contribution in [-0.4, -0.2) is 41.5 Å². The number of carbonyl (C=O) groups is 1. The first-order valence-electron chi connectivity index (χ1n) is 4.74. The quantitative estimate of drug-likeness (QED) is 0.652. The Labute approximate surface area is 82.1 Å². The number of carbonyl (C=O) groups excluding carboxylic acids is 1. The first-order chi connectivity index (χ1) is 6.78. The molecule has 1 aliphatic heterocycles. The molecule has 0 radical (unpaired) electrons. The number of rotatable bonds is 3. The highest BCUT2D eigenvalue weighted by atomic mass is 16.5. The summed E-state index contributed by atoms with van der Waals surface area (Å²) in [7, 11) is 2.10. The smallest absolute Gasteiger partial charge is 0.235 e. The maximum Gasteiger partial charge on any atom is 0.235 e. The predicted molar refractivity (Wildman–Crippen MR) is 49.0 cm³/mol. The largest absolute Gasteiger partial charge is 0.339 e. The van der Waals surface area contributed by atoms with E-state index < -0.39 is 0 Å². The van der Waals surface area contributed by atoms with Crippen molar-refractivity contribution in [1.82, 2.24) is 15.0 Å². The zero-order chi connectivity index (χ0) is 9.97. The van der Waals surface area contributed by atoms with Crippen LogP contribution in [0.5, 0.6) is 0 Å². The molecule has 0 bridgehead atoms. The summed E-state index contributed by atoms with van der Waals surface area (Å²) in [4.78, 5) is 16.5. The highest BCUT2D eigenvalue weighted by molar-refractivity contribution is 5.68. The molecule has 5 nitrogen and oxygen atoms in total. The van der Waals surface area contributed by atoms with Gasteiger partial charge in [0.1, 0.15) is 0 Å². The molecule has 0 N–H and O–H groups in total. The summed E-state index contributed by atoms with van der Waals surface area (Å²) >= 11 is 0. The number of aromatic nitrogens is 2. The molecule has 2 rings (SSSR count). The van der Waals surface area contributed by atoms with Gasteiger partial charge in [0, 0.05) is 13.0 Å². The zero-order valence-corrected chi connectivity index (χ0v) is 8.14. The molecular weight excluding hydrogens is 182 g/mol. The third-order valence-corrected chi connectivity index (χ3v) is 2.54. The molecule has 14 heavy (non-hydrogen) atoms. The van der Waals surface area contributed by atoms with E-state index in [-0.39, 0.29) is 5.82 Å². The van der Waals surface area contributed by atoms with Crippen molar-refractivity contribution in [2.24, 2.45) is 5.92 Å². The zero-order valence-electron chi connectivity index (χ0n) is 8.14. The summed E-state index contributed by atoms with van der Waals surface area (Å²) in [5.41, 5.74) is 0. The van der Waals surface area contributed by atoms with E-state index in [1.807, 2.05) is 0 Å². The van der Waals surface area contributed by atoms with Gasteiger partial charge < -0.3 is 9.42 Å². The number of aldehydes is 1. The van der Waals surface area contributed by atoms with Crippen molar-refractivity contribution in [1.29, 1.82) is 0 Å². The predicted octanol–water partition coefficient (Wildman–Crippen LogP) is 0.376. The van der Waals surface area contributed by atoms with Crippen molar-refractivity contribution < 1.29 is 9.32 Å². The van der Waals surface area contributed by atoms with Crippen molar-refractivity contribution in [3.8, 4) is 0 Å². The standard InChI is InChI=1S/C9H13N3O2/c1-12-3-2-7(5-12)4-9-10-8(6-13)11-14-9/h6-7H,2-5H2,1H3. The van der Waals surface area contributed by atoms with Gasteiger partial charge in [0.25, 0.3) is 0 Å². The maximum absolute atomic E-state index is 10.3. The average molecular weight is 195 g/mol. The molecule has 1 fully saturated rings. The van der Waals surface area contributed by atoms with Gasteiger partial charge in [-0.3, -0.25) is 4.79 Å². The summed E-state index contributed by atoms with van der Waals surface area (Å²) < 4.78 is 4.94. The molecule has 0 aromatic carbocycles. The summed E-state index contributed by atoms with van der Waals surface area (Å²) in [6.07, 6.45) is 2.55. The normalized spacial score (nSPS) is 22.8. The lowest BCUT2D eigenvalue weighted by Crippen LogP contribution is -2.15. The van der Waals surface area contributed by atoms with Crippen molar-refractivity contribution in [2.75, 3.05) is 20.1 Å². The van der Waals surface area contributed by atoms with Gasteiger partial charge in [-0.05, 0) is 25.9 Å². The van der Waals surface area contributed by atoms with Crippen LogP contribution < -0.4 is 0 Å². The van der Waals surface area contributed by atoms with Crippen LogP contribution in [0.15, 0.2) is 4.52 Å². The molecule has 1 aliphatic rings. The highest BCUT2D eigenvalue weighted by Crippen LogP contribution is 2.18. The molecule has 1 unspecified atom stereocenters. The lowest BCUT2D eigenvalue weighted by molar-refractivity contribution is 0.111. The van der Waals surface area contributed by atoms with Crippen LogP contribution in [0.25, 0.3) is 0 Å². The Morgan fingerprint density at radius 3 is 3.14 bits per heavy atom. The molecule has 1 aromatic heterocycles. The monoisotopic (exact) mass is 195 g/mol. The van der Waals surface area contributed by atoms with Crippen molar-refractivity contribution in [3.63, 3.8) is 0 Å². The second-order valence-corrected chi connectivity index (χ2v) is 3.79. The molecule has 1 saturated heterocycles. The van der Waals surface area contributed by atoms with Crippen LogP contribution in [-0.2, 0) is 6.42 Å². The number of hydrogen-bond donors (Lipinski definition) is 0. The lowest BCUT2D eigenvalue weighted by Gasteiger charge is -2.06.